The SMILES string of the molecule is CNC(C)(C#N)CCCCOCCOC(C)C. The lowest BCUT2D eigenvalue weighted by atomic mass is 9.97. The second-order valence-corrected chi connectivity index (χ2v) is 4.68. The van der Waals surface area contributed by atoms with Gasteiger partial charge >= 0.3 is 0 Å². The van der Waals surface area contributed by atoms with E-state index in [4.69, 9.17) is 14.7 Å². The van der Waals surface area contributed by atoms with Gasteiger partial charge in [0.05, 0.1) is 25.4 Å². The maximum absolute atomic E-state index is 8.95. The van der Waals surface area contributed by atoms with Crippen molar-refractivity contribution in [2.75, 3.05) is 26.9 Å². The van der Waals surface area contributed by atoms with E-state index < -0.39 is 5.54 Å². The molecule has 1 atom stereocenters. The molecule has 0 amide bonds. The summed E-state index contributed by atoms with van der Waals surface area (Å²) < 4.78 is 10.8. The number of nitriles is 1. The Kier molecular flexibility index (Phi) is 9.06. The quantitative estimate of drug-likeness (QED) is 0.596. The average Bonchev–Trinajstić information content (AvgIpc) is 2.32. The first-order valence-electron chi connectivity index (χ1n) is 6.33. The molecule has 0 aliphatic rings. The third kappa shape index (κ3) is 9.11. The van der Waals surface area contributed by atoms with Crippen LogP contribution in [0.5, 0.6) is 0 Å². The summed E-state index contributed by atoms with van der Waals surface area (Å²) in [7, 11) is 1.82. The first-order valence-corrected chi connectivity index (χ1v) is 6.33. The fourth-order valence-electron chi connectivity index (χ4n) is 1.36. The van der Waals surface area contributed by atoms with Gasteiger partial charge in [0.1, 0.15) is 5.54 Å². The highest BCUT2D eigenvalue weighted by Gasteiger charge is 2.19. The van der Waals surface area contributed by atoms with Gasteiger partial charge in [0.2, 0.25) is 0 Å². The van der Waals surface area contributed by atoms with Crippen molar-refractivity contribution in [3.8, 4) is 6.07 Å². The number of nitrogens with zero attached hydrogens (tertiary/aromatic N) is 1. The van der Waals surface area contributed by atoms with Crippen molar-refractivity contribution in [2.45, 2.75) is 51.7 Å². The molecule has 0 aromatic carbocycles. The Morgan fingerprint density at radius 3 is 2.47 bits per heavy atom. The third-order valence-corrected chi connectivity index (χ3v) is 2.69. The average molecular weight is 242 g/mol. The van der Waals surface area contributed by atoms with Crippen molar-refractivity contribution < 1.29 is 9.47 Å². The molecule has 0 spiro atoms. The summed E-state index contributed by atoms with van der Waals surface area (Å²) in [5, 5.41) is 12.0. The van der Waals surface area contributed by atoms with Gasteiger partial charge in [-0.25, -0.2) is 0 Å². The minimum Gasteiger partial charge on any atom is -0.379 e. The van der Waals surface area contributed by atoms with Gasteiger partial charge in [0.25, 0.3) is 0 Å². The van der Waals surface area contributed by atoms with Gasteiger partial charge in [-0.05, 0) is 47.1 Å². The lowest BCUT2D eigenvalue weighted by Gasteiger charge is -2.20. The molecule has 4 nitrogen and oxygen atoms in total. The predicted octanol–water partition coefficient (Wildman–Crippen LogP) is 2.10. The third-order valence-electron chi connectivity index (χ3n) is 2.69. The van der Waals surface area contributed by atoms with Crippen molar-refractivity contribution >= 4 is 0 Å². The van der Waals surface area contributed by atoms with Crippen LogP contribution in [-0.4, -0.2) is 38.5 Å². The zero-order valence-electron chi connectivity index (χ0n) is 11.6. The summed E-state index contributed by atoms with van der Waals surface area (Å²) in [5.41, 5.74) is -0.402. The van der Waals surface area contributed by atoms with E-state index in [2.05, 4.69) is 11.4 Å². The van der Waals surface area contributed by atoms with Crippen LogP contribution in [0.1, 0.15) is 40.0 Å². The first-order chi connectivity index (χ1) is 8.04. The number of unbranched alkanes of at least 4 members (excludes halogenated alkanes) is 1. The molecule has 1 N–H and O–H groups in total. The molecule has 0 aromatic heterocycles. The minimum absolute atomic E-state index is 0.269. The van der Waals surface area contributed by atoms with E-state index in [1.165, 1.54) is 0 Å². The second-order valence-electron chi connectivity index (χ2n) is 4.68. The Labute approximate surface area is 105 Å². The fraction of sp³-hybridized carbons (Fsp3) is 0.923. The van der Waals surface area contributed by atoms with Crippen LogP contribution in [0, 0.1) is 11.3 Å². The van der Waals surface area contributed by atoms with Gasteiger partial charge in [0.15, 0.2) is 0 Å². The Morgan fingerprint density at radius 2 is 1.94 bits per heavy atom. The van der Waals surface area contributed by atoms with Crippen LogP contribution >= 0.6 is 0 Å². The van der Waals surface area contributed by atoms with Gasteiger partial charge in [-0.2, -0.15) is 5.26 Å². The first kappa shape index (κ1) is 16.4. The minimum atomic E-state index is -0.402. The number of rotatable bonds is 10. The van der Waals surface area contributed by atoms with E-state index in [1.54, 1.807) is 0 Å². The molecule has 17 heavy (non-hydrogen) atoms. The van der Waals surface area contributed by atoms with Gasteiger partial charge in [-0.15, -0.1) is 0 Å². The highest BCUT2D eigenvalue weighted by molar-refractivity contribution is 5.02. The topological polar surface area (TPSA) is 54.3 Å². The molecule has 100 valence electrons. The van der Waals surface area contributed by atoms with Crippen LogP contribution in [0.3, 0.4) is 0 Å². The monoisotopic (exact) mass is 242 g/mol. The number of hydrogen-bond acceptors (Lipinski definition) is 4. The second kappa shape index (κ2) is 9.41. The van der Waals surface area contributed by atoms with E-state index in [0.717, 1.165) is 25.9 Å². The molecule has 1 unspecified atom stereocenters. The van der Waals surface area contributed by atoms with Crippen LogP contribution in [0.2, 0.25) is 0 Å². The maximum atomic E-state index is 8.95. The van der Waals surface area contributed by atoms with E-state index in [1.807, 2.05) is 27.8 Å². The zero-order chi connectivity index (χ0) is 13.1. The molecule has 0 aliphatic carbocycles. The molecule has 0 aliphatic heterocycles. The molecule has 0 radical (unpaired) electrons. The smallest absolute Gasteiger partial charge is 0.103 e. The highest BCUT2D eigenvalue weighted by Crippen LogP contribution is 2.11. The zero-order valence-corrected chi connectivity index (χ0v) is 11.6. The van der Waals surface area contributed by atoms with Crippen molar-refractivity contribution in [3.63, 3.8) is 0 Å². The summed E-state index contributed by atoms with van der Waals surface area (Å²) in [5.74, 6) is 0. The summed E-state index contributed by atoms with van der Waals surface area (Å²) in [6.07, 6.45) is 3.10. The van der Waals surface area contributed by atoms with Crippen molar-refractivity contribution in [3.05, 3.63) is 0 Å². The summed E-state index contributed by atoms with van der Waals surface area (Å²) in [4.78, 5) is 0. The van der Waals surface area contributed by atoms with E-state index in [0.29, 0.717) is 13.2 Å². The van der Waals surface area contributed by atoms with Crippen LogP contribution < -0.4 is 5.32 Å². The Hall–Kier alpha value is -0.630. The number of nitrogens with one attached hydrogen (secondary N) is 1. The molecule has 0 heterocycles. The van der Waals surface area contributed by atoms with Crippen LogP contribution in [-0.2, 0) is 9.47 Å². The summed E-state index contributed by atoms with van der Waals surface area (Å²) in [6.45, 7) is 8.00. The van der Waals surface area contributed by atoms with Crippen LogP contribution in [0.25, 0.3) is 0 Å². The van der Waals surface area contributed by atoms with Gasteiger partial charge in [0, 0.05) is 6.61 Å². The molecule has 0 aromatic rings. The summed E-state index contributed by atoms with van der Waals surface area (Å²) >= 11 is 0. The molecular formula is C13H26N2O2. The lowest BCUT2D eigenvalue weighted by Crippen LogP contribution is -2.37. The largest absolute Gasteiger partial charge is 0.379 e. The molecule has 0 bridgehead atoms. The highest BCUT2D eigenvalue weighted by atomic mass is 16.5. The lowest BCUT2D eigenvalue weighted by molar-refractivity contribution is 0.0185. The van der Waals surface area contributed by atoms with Crippen molar-refractivity contribution in [2.24, 2.45) is 0 Å². The van der Waals surface area contributed by atoms with Gasteiger partial charge in [-0.1, -0.05) is 0 Å². The Balaban J connectivity index is 3.33. The maximum Gasteiger partial charge on any atom is 0.103 e. The molecule has 0 saturated heterocycles. The van der Waals surface area contributed by atoms with Crippen LogP contribution in [0.4, 0.5) is 0 Å². The normalized spacial score (nSPS) is 14.6. The van der Waals surface area contributed by atoms with Crippen molar-refractivity contribution in [1.29, 1.82) is 5.26 Å². The standard InChI is InChI=1S/C13H26N2O2/c1-12(2)17-10-9-16-8-6-5-7-13(3,11-14)15-4/h12,15H,5-10H2,1-4H3. The van der Waals surface area contributed by atoms with E-state index in [-0.39, 0.29) is 6.10 Å². The van der Waals surface area contributed by atoms with Crippen LogP contribution in [0.15, 0.2) is 0 Å². The fourth-order valence-corrected chi connectivity index (χ4v) is 1.36. The van der Waals surface area contributed by atoms with Crippen molar-refractivity contribution in [1.82, 2.24) is 5.32 Å². The molecule has 4 heteroatoms. The summed E-state index contributed by atoms with van der Waals surface area (Å²) in [6, 6.07) is 2.28. The predicted molar refractivity (Wildman–Crippen MR) is 68.8 cm³/mol. The molecule has 0 rings (SSSR count). The van der Waals surface area contributed by atoms with E-state index in [9.17, 15) is 0 Å². The van der Waals surface area contributed by atoms with Gasteiger partial charge < -0.3 is 14.8 Å². The number of hydrogen-bond donors (Lipinski definition) is 1. The van der Waals surface area contributed by atoms with E-state index >= 15 is 0 Å². The van der Waals surface area contributed by atoms with Gasteiger partial charge in [-0.3, -0.25) is 0 Å². The number of ether oxygens (including phenoxy) is 2. The Morgan fingerprint density at radius 1 is 1.24 bits per heavy atom. The molecular weight excluding hydrogens is 216 g/mol. The Bertz CT molecular complexity index is 226. The molecule has 0 saturated carbocycles. The molecule has 0 fully saturated rings.